The van der Waals surface area contributed by atoms with Crippen LogP contribution in [0.5, 0.6) is 17.2 Å². The fourth-order valence-corrected chi connectivity index (χ4v) is 6.35. The van der Waals surface area contributed by atoms with E-state index in [9.17, 15) is 9.59 Å². The predicted octanol–water partition coefficient (Wildman–Crippen LogP) is 5.28. The number of thioether (sulfide) groups is 1. The summed E-state index contributed by atoms with van der Waals surface area (Å²) in [6.45, 7) is 3.51. The van der Waals surface area contributed by atoms with Gasteiger partial charge in [0.1, 0.15) is 5.75 Å². The van der Waals surface area contributed by atoms with Gasteiger partial charge in [0.2, 0.25) is 5.91 Å². The van der Waals surface area contributed by atoms with Crippen LogP contribution in [0.3, 0.4) is 0 Å². The number of likely N-dealkylation sites (N-methyl/N-ethyl adjacent to an activating group) is 1. The zero-order valence-corrected chi connectivity index (χ0v) is 25.5. The predicted molar refractivity (Wildman–Crippen MR) is 161 cm³/mol. The van der Waals surface area contributed by atoms with Crippen molar-refractivity contribution in [2.45, 2.75) is 29.6 Å². The third-order valence-corrected chi connectivity index (χ3v) is 8.70. The van der Waals surface area contributed by atoms with Crippen molar-refractivity contribution in [1.29, 1.82) is 0 Å². The van der Waals surface area contributed by atoms with E-state index in [1.54, 1.807) is 21.3 Å². The Morgan fingerprint density at radius 3 is 2.29 bits per heavy atom. The number of esters is 1. The zero-order chi connectivity index (χ0) is 29.6. The Bertz CT molecular complexity index is 1380. The van der Waals surface area contributed by atoms with Crippen LogP contribution in [0.15, 0.2) is 71.6 Å². The van der Waals surface area contributed by atoms with Crippen LogP contribution in [-0.4, -0.2) is 71.4 Å². The molecule has 41 heavy (non-hydrogen) atoms. The Morgan fingerprint density at radius 1 is 0.927 bits per heavy atom. The normalized spacial score (nSPS) is 16.9. The third-order valence-electron chi connectivity index (χ3n) is 7.34. The summed E-state index contributed by atoms with van der Waals surface area (Å²) in [5.41, 5.74) is 2.71. The van der Waals surface area contributed by atoms with Crippen LogP contribution in [0.25, 0.3) is 0 Å². The van der Waals surface area contributed by atoms with Crippen molar-refractivity contribution in [3.63, 3.8) is 0 Å². The summed E-state index contributed by atoms with van der Waals surface area (Å²) in [5, 5.41) is 0. The standard InChI is InChI=1S/C32H39N2O6S/c1-23(35)40-32(25-12-14-26(37-4)15-13-25)22-31(36)33(27-9-7-8-10-30(27)41-32)18-20-34(2,3)19-17-24-11-16-28(38-5)29(21-24)39-6/h7-16,21H,17-20,22H2,1-6H3/q+1. The summed E-state index contributed by atoms with van der Waals surface area (Å²) in [7, 11) is 9.21. The maximum Gasteiger partial charge on any atom is 0.304 e. The van der Waals surface area contributed by atoms with Gasteiger partial charge in [-0.1, -0.05) is 42.1 Å². The van der Waals surface area contributed by atoms with Crippen molar-refractivity contribution < 1.29 is 33.0 Å². The Kier molecular flexibility index (Phi) is 9.50. The number of anilines is 1. The first-order valence-electron chi connectivity index (χ1n) is 13.5. The lowest BCUT2D eigenvalue weighted by atomic mass is 10.0. The minimum Gasteiger partial charge on any atom is -0.497 e. The number of amides is 1. The first-order valence-corrected chi connectivity index (χ1v) is 14.4. The van der Waals surface area contributed by atoms with Crippen LogP contribution >= 0.6 is 11.8 Å². The van der Waals surface area contributed by atoms with E-state index < -0.39 is 10.9 Å². The van der Waals surface area contributed by atoms with Crippen LogP contribution in [-0.2, 0) is 25.7 Å². The maximum atomic E-state index is 14.0. The van der Waals surface area contributed by atoms with Gasteiger partial charge in [-0.25, -0.2) is 0 Å². The van der Waals surface area contributed by atoms with Gasteiger partial charge < -0.3 is 28.3 Å². The van der Waals surface area contributed by atoms with Crippen molar-refractivity contribution in [2.24, 2.45) is 0 Å². The first-order chi connectivity index (χ1) is 19.6. The summed E-state index contributed by atoms with van der Waals surface area (Å²) < 4.78 is 22.8. The largest absolute Gasteiger partial charge is 0.497 e. The average Bonchev–Trinajstić information content (AvgIpc) is 3.08. The SMILES string of the molecule is COc1ccc(C2(OC(C)=O)CC(=O)N(CC[N+](C)(C)CCc3ccc(OC)c(OC)c3)c3ccccc3S2)cc1. The second kappa shape index (κ2) is 12.9. The highest BCUT2D eigenvalue weighted by atomic mass is 32.2. The number of para-hydroxylation sites is 1. The molecule has 0 aliphatic carbocycles. The number of methoxy groups -OCH3 is 3. The molecule has 0 fully saturated rings. The highest BCUT2D eigenvalue weighted by Gasteiger charge is 2.44. The highest BCUT2D eigenvalue weighted by molar-refractivity contribution is 8.00. The molecule has 0 saturated carbocycles. The Labute approximate surface area is 246 Å². The molecule has 1 aliphatic rings. The van der Waals surface area contributed by atoms with Gasteiger partial charge in [0.05, 0.1) is 67.2 Å². The number of hydrogen-bond donors (Lipinski definition) is 0. The number of quaternary nitrogens is 1. The molecule has 1 unspecified atom stereocenters. The Morgan fingerprint density at radius 2 is 1.63 bits per heavy atom. The van der Waals surface area contributed by atoms with Crippen molar-refractivity contribution in [1.82, 2.24) is 0 Å². The van der Waals surface area contributed by atoms with E-state index >= 15 is 0 Å². The number of nitrogens with zero attached hydrogens (tertiary/aromatic N) is 2. The summed E-state index contributed by atoms with van der Waals surface area (Å²) in [6.07, 6.45) is 0.859. The summed E-state index contributed by atoms with van der Waals surface area (Å²) in [4.78, 5) is 27.8. The van der Waals surface area contributed by atoms with Gasteiger partial charge in [0.25, 0.3) is 0 Å². The molecule has 0 spiro atoms. The van der Waals surface area contributed by atoms with Gasteiger partial charge >= 0.3 is 5.97 Å². The first kappa shape index (κ1) is 30.3. The lowest BCUT2D eigenvalue weighted by Gasteiger charge is -2.33. The average molecular weight is 580 g/mol. The van der Waals surface area contributed by atoms with Gasteiger partial charge in [-0.15, -0.1) is 0 Å². The summed E-state index contributed by atoms with van der Waals surface area (Å²) >= 11 is 1.40. The van der Waals surface area contributed by atoms with E-state index in [2.05, 4.69) is 20.2 Å². The molecule has 4 rings (SSSR count). The topological polar surface area (TPSA) is 74.3 Å². The van der Waals surface area contributed by atoms with E-state index in [1.165, 1.54) is 18.7 Å². The Hall–Kier alpha value is -3.69. The molecule has 9 heteroatoms. The van der Waals surface area contributed by atoms with E-state index in [0.29, 0.717) is 28.3 Å². The van der Waals surface area contributed by atoms with Crippen LogP contribution in [0.2, 0.25) is 0 Å². The van der Waals surface area contributed by atoms with Crippen LogP contribution in [0.1, 0.15) is 24.5 Å². The minimum atomic E-state index is -1.20. The fraction of sp³-hybridized carbons (Fsp3) is 0.375. The number of carbonyl (C=O) groups is 2. The molecule has 1 amide bonds. The van der Waals surface area contributed by atoms with Crippen LogP contribution < -0.4 is 19.1 Å². The molecular formula is C32H39N2O6S+. The second-order valence-electron chi connectivity index (χ2n) is 10.7. The molecule has 0 radical (unpaired) electrons. The van der Waals surface area contributed by atoms with E-state index in [-0.39, 0.29) is 12.3 Å². The van der Waals surface area contributed by atoms with Crippen molar-refractivity contribution in [2.75, 3.05) is 60.0 Å². The molecule has 3 aromatic carbocycles. The van der Waals surface area contributed by atoms with Crippen LogP contribution in [0, 0.1) is 0 Å². The fourth-order valence-electron chi connectivity index (χ4n) is 4.96. The molecule has 0 saturated heterocycles. The van der Waals surface area contributed by atoms with Gasteiger partial charge in [-0.2, -0.15) is 0 Å². The number of carbonyl (C=O) groups excluding carboxylic acids is 2. The number of rotatable bonds is 11. The minimum absolute atomic E-state index is 0.0112. The number of ether oxygens (including phenoxy) is 4. The second-order valence-corrected chi connectivity index (χ2v) is 12.0. The van der Waals surface area contributed by atoms with E-state index in [1.807, 2.05) is 65.6 Å². The number of hydrogen-bond acceptors (Lipinski definition) is 7. The lowest BCUT2D eigenvalue weighted by Crippen LogP contribution is -2.48. The highest BCUT2D eigenvalue weighted by Crippen LogP contribution is 2.51. The van der Waals surface area contributed by atoms with Crippen LogP contribution in [0.4, 0.5) is 5.69 Å². The number of fused-ring (bicyclic) bond motifs is 1. The van der Waals surface area contributed by atoms with Crippen molar-refractivity contribution in [3.8, 4) is 17.2 Å². The van der Waals surface area contributed by atoms with Gasteiger partial charge in [0.15, 0.2) is 16.4 Å². The molecule has 1 heterocycles. The summed E-state index contributed by atoms with van der Waals surface area (Å²) in [5.74, 6) is 1.57. The third kappa shape index (κ3) is 7.15. The Balaban J connectivity index is 1.56. The molecule has 0 N–H and O–H groups in total. The molecule has 0 aromatic heterocycles. The zero-order valence-electron chi connectivity index (χ0n) is 24.6. The van der Waals surface area contributed by atoms with Crippen molar-refractivity contribution >= 4 is 29.3 Å². The van der Waals surface area contributed by atoms with Gasteiger partial charge in [-0.05, 0) is 42.0 Å². The van der Waals surface area contributed by atoms with Crippen molar-refractivity contribution in [3.05, 3.63) is 77.9 Å². The smallest absolute Gasteiger partial charge is 0.304 e. The lowest BCUT2D eigenvalue weighted by molar-refractivity contribution is -0.888. The molecule has 1 atom stereocenters. The molecule has 3 aromatic rings. The number of benzene rings is 3. The quantitative estimate of drug-likeness (QED) is 0.226. The summed E-state index contributed by atoms with van der Waals surface area (Å²) in [6, 6.07) is 21.2. The van der Waals surface area contributed by atoms with Gasteiger partial charge in [-0.3, -0.25) is 9.59 Å². The molecule has 0 bridgehead atoms. The van der Waals surface area contributed by atoms with Gasteiger partial charge in [0, 0.05) is 23.8 Å². The van der Waals surface area contributed by atoms with E-state index in [4.69, 9.17) is 18.9 Å². The maximum absolute atomic E-state index is 14.0. The monoisotopic (exact) mass is 579 g/mol. The molecule has 8 nitrogen and oxygen atoms in total. The molecular weight excluding hydrogens is 540 g/mol. The molecule has 218 valence electrons. The van der Waals surface area contributed by atoms with E-state index in [0.717, 1.165) is 41.2 Å². The molecule has 1 aliphatic heterocycles.